The van der Waals surface area contributed by atoms with Crippen molar-refractivity contribution in [2.75, 3.05) is 25.7 Å². The summed E-state index contributed by atoms with van der Waals surface area (Å²) >= 11 is 0. The van der Waals surface area contributed by atoms with Gasteiger partial charge < -0.3 is 19.3 Å². The predicted molar refractivity (Wildman–Crippen MR) is 165 cm³/mol. The summed E-state index contributed by atoms with van der Waals surface area (Å²) in [5.41, 5.74) is 0.808. The van der Waals surface area contributed by atoms with Crippen molar-refractivity contribution in [3.63, 3.8) is 0 Å². The molecule has 0 fully saturated rings. The molecule has 230 valence electrons. The lowest BCUT2D eigenvalue weighted by Crippen LogP contribution is -2.61. The first-order chi connectivity index (χ1) is 21.7. The number of fused-ring (bicyclic) bond motifs is 6. The number of ether oxygens (including phenoxy) is 2. The molecule has 0 saturated heterocycles. The SMILES string of the molecule is CCCCN1C(=O)[C@]2(c3cc(F)ccc31)C(C(=O)c1ccc(C)cc1)C(C(=O)OC)=C(C(=O)OC)N1C=Cc3ccccc3[C@@H]12. The number of esters is 2. The Kier molecular flexibility index (Phi) is 7.64. The fourth-order valence-corrected chi connectivity index (χ4v) is 7.10. The van der Waals surface area contributed by atoms with E-state index in [0.29, 0.717) is 24.2 Å². The Bertz CT molecular complexity index is 1800. The summed E-state index contributed by atoms with van der Waals surface area (Å²) < 4.78 is 25.8. The zero-order valence-electron chi connectivity index (χ0n) is 25.5. The van der Waals surface area contributed by atoms with Crippen LogP contribution < -0.4 is 4.90 Å². The first kappa shape index (κ1) is 30.0. The number of ketones is 1. The number of rotatable bonds is 7. The van der Waals surface area contributed by atoms with Crippen molar-refractivity contribution in [1.82, 2.24) is 4.90 Å². The van der Waals surface area contributed by atoms with E-state index in [4.69, 9.17) is 9.47 Å². The van der Waals surface area contributed by atoms with Gasteiger partial charge in [0.15, 0.2) is 5.78 Å². The van der Waals surface area contributed by atoms with Gasteiger partial charge in [0.05, 0.1) is 31.8 Å². The van der Waals surface area contributed by atoms with Crippen molar-refractivity contribution >= 4 is 35.4 Å². The van der Waals surface area contributed by atoms with E-state index in [1.165, 1.54) is 24.1 Å². The lowest BCUT2D eigenvalue weighted by atomic mass is 9.56. The van der Waals surface area contributed by atoms with E-state index in [0.717, 1.165) is 24.7 Å². The lowest BCUT2D eigenvalue weighted by molar-refractivity contribution is -0.144. The quantitative estimate of drug-likeness (QED) is 0.253. The number of anilines is 1. The molecule has 1 amide bonds. The predicted octanol–water partition coefficient (Wildman–Crippen LogP) is 5.66. The Hall–Kier alpha value is -5.05. The van der Waals surface area contributed by atoms with Crippen LogP contribution in [0.3, 0.4) is 0 Å². The Morgan fingerprint density at radius 3 is 2.36 bits per heavy atom. The molecule has 3 atom stereocenters. The van der Waals surface area contributed by atoms with Crippen LogP contribution in [0, 0.1) is 18.7 Å². The van der Waals surface area contributed by atoms with Gasteiger partial charge in [0.2, 0.25) is 5.91 Å². The largest absolute Gasteiger partial charge is 0.466 e. The number of amides is 1. The Labute approximate surface area is 260 Å². The van der Waals surface area contributed by atoms with Crippen LogP contribution >= 0.6 is 0 Å². The Balaban J connectivity index is 1.80. The molecular weight excluding hydrogens is 575 g/mol. The molecule has 0 bridgehead atoms. The van der Waals surface area contributed by atoms with Gasteiger partial charge >= 0.3 is 11.9 Å². The summed E-state index contributed by atoms with van der Waals surface area (Å²) in [6, 6.07) is 17.2. The molecule has 3 aromatic rings. The van der Waals surface area contributed by atoms with Crippen molar-refractivity contribution < 1.29 is 33.0 Å². The van der Waals surface area contributed by atoms with Crippen LogP contribution in [-0.2, 0) is 29.3 Å². The van der Waals surface area contributed by atoms with Gasteiger partial charge in [-0.1, -0.05) is 67.4 Å². The van der Waals surface area contributed by atoms with Gasteiger partial charge in [-0.3, -0.25) is 9.59 Å². The zero-order valence-corrected chi connectivity index (χ0v) is 25.5. The molecule has 3 heterocycles. The molecule has 0 radical (unpaired) electrons. The van der Waals surface area contributed by atoms with Gasteiger partial charge in [-0.15, -0.1) is 0 Å². The minimum Gasteiger partial charge on any atom is -0.466 e. The number of methoxy groups -OCH3 is 2. The highest BCUT2D eigenvalue weighted by atomic mass is 19.1. The molecular formula is C36H33FN2O6. The van der Waals surface area contributed by atoms with E-state index in [-0.39, 0.29) is 22.4 Å². The second kappa shape index (κ2) is 11.5. The van der Waals surface area contributed by atoms with Crippen LogP contribution in [-0.4, -0.2) is 49.3 Å². The molecule has 0 aliphatic carbocycles. The molecule has 1 unspecified atom stereocenters. The number of carbonyl (C=O) groups is 4. The highest BCUT2D eigenvalue weighted by Gasteiger charge is 2.69. The maximum absolute atomic E-state index is 15.4. The lowest BCUT2D eigenvalue weighted by Gasteiger charge is -2.52. The normalized spacial score (nSPS) is 21.4. The van der Waals surface area contributed by atoms with Crippen LogP contribution in [0.15, 0.2) is 84.2 Å². The van der Waals surface area contributed by atoms with Crippen LogP contribution in [0.2, 0.25) is 0 Å². The number of carbonyl (C=O) groups excluding carboxylic acids is 4. The molecule has 6 rings (SSSR count). The maximum atomic E-state index is 15.4. The van der Waals surface area contributed by atoms with E-state index in [1.807, 2.05) is 32.0 Å². The van der Waals surface area contributed by atoms with Gasteiger partial charge in [-0.25, -0.2) is 14.0 Å². The van der Waals surface area contributed by atoms with Crippen molar-refractivity contribution in [2.24, 2.45) is 5.92 Å². The number of benzene rings is 3. The van der Waals surface area contributed by atoms with E-state index in [9.17, 15) is 9.59 Å². The number of halogens is 1. The molecule has 1 spiro atoms. The monoisotopic (exact) mass is 608 g/mol. The highest BCUT2D eigenvalue weighted by molar-refractivity contribution is 6.19. The molecule has 3 aliphatic heterocycles. The third-order valence-corrected chi connectivity index (χ3v) is 9.08. The second-order valence-electron chi connectivity index (χ2n) is 11.5. The van der Waals surface area contributed by atoms with E-state index in [2.05, 4.69) is 0 Å². The zero-order chi connectivity index (χ0) is 32.0. The van der Waals surface area contributed by atoms with Gasteiger partial charge in [0.25, 0.3) is 0 Å². The van der Waals surface area contributed by atoms with Gasteiger partial charge in [0.1, 0.15) is 16.9 Å². The molecule has 9 heteroatoms. The summed E-state index contributed by atoms with van der Waals surface area (Å²) in [5.74, 6) is -5.08. The highest BCUT2D eigenvalue weighted by Crippen LogP contribution is 2.62. The van der Waals surface area contributed by atoms with Crippen molar-refractivity contribution in [3.8, 4) is 0 Å². The minimum atomic E-state index is -1.88. The molecule has 8 nitrogen and oxygen atoms in total. The topological polar surface area (TPSA) is 93.2 Å². The minimum absolute atomic E-state index is 0.214. The van der Waals surface area contributed by atoms with Crippen molar-refractivity contribution in [3.05, 3.63) is 118 Å². The molecule has 45 heavy (non-hydrogen) atoms. The van der Waals surface area contributed by atoms with E-state index in [1.54, 1.807) is 53.6 Å². The smallest absolute Gasteiger partial charge is 0.355 e. The van der Waals surface area contributed by atoms with Crippen LogP contribution in [0.4, 0.5) is 10.1 Å². The van der Waals surface area contributed by atoms with Gasteiger partial charge in [-0.2, -0.15) is 0 Å². The maximum Gasteiger partial charge on any atom is 0.355 e. The summed E-state index contributed by atoms with van der Waals surface area (Å²) in [7, 11) is 2.33. The fraction of sp³-hybridized carbons (Fsp3) is 0.278. The number of hydrogen-bond donors (Lipinski definition) is 0. The average molecular weight is 609 g/mol. The van der Waals surface area contributed by atoms with Crippen LogP contribution in [0.5, 0.6) is 0 Å². The van der Waals surface area contributed by atoms with Crippen molar-refractivity contribution in [2.45, 2.75) is 38.1 Å². The van der Waals surface area contributed by atoms with E-state index >= 15 is 14.0 Å². The molecule has 0 N–H and O–H groups in total. The first-order valence-corrected chi connectivity index (χ1v) is 14.9. The average Bonchev–Trinajstić information content (AvgIpc) is 3.28. The fourth-order valence-electron chi connectivity index (χ4n) is 7.10. The Morgan fingerprint density at radius 1 is 0.956 bits per heavy atom. The number of nitrogens with zero attached hydrogens (tertiary/aromatic N) is 2. The molecule has 0 saturated carbocycles. The first-order valence-electron chi connectivity index (χ1n) is 14.9. The molecule has 3 aliphatic rings. The number of Topliss-reactive ketones (excluding diaryl/α,β-unsaturated/α-hetero) is 1. The third-order valence-electron chi connectivity index (χ3n) is 9.08. The Morgan fingerprint density at radius 2 is 1.67 bits per heavy atom. The number of hydrogen-bond acceptors (Lipinski definition) is 7. The van der Waals surface area contributed by atoms with E-state index < -0.39 is 46.8 Å². The summed E-state index contributed by atoms with van der Waals surface area (Å²) in [6.07, 6.45) is 4.80. The summed E-state index contributed by atoms with van der Waals surface area (Å²) in [6.45, 7) is 4.18. The summed E-state index contributed by atoms with van der Waals surface area (Å²) in [4.78, 5) is 61.0. The number of unbranched alkanes of at least 4 members (excludes halogenated alkanes) is 1. The van der Waals surface area contributed by atoms with Gasteiger partial charge in [0, 0.05) is 24.0 Å². The van der Waals surface area contributed by atoms with Crippen LogP contribution in [0.1, 0.15) is 58.4 Å². The second-order valence-corrected chi connectivity index (χ2v) is 11.5. The van der Waals surface area contributed by atoms with Crippen LogP contribution in [0.25, 0.3) is 6.08 Å². The van der Waals surface area contributed by atoms with Crippen molar-refractivity contribution in [1.29, 1.82) is 0 Å². The van der Waals surface area contributed by atoms with Gasteiger partial charge in [-0.05, 0) is 54.3 Å². The molecule has 3 aromatic carbocycles. The standard InChI is InChI=1S/C36H33FN2O6/c1-5-6-18-38-27-16-15-24(37)20-26(27)36(35(38)43)29(31(40)23-13-11-21(2)12-14-23)28(33(41)44-3)30(34(42)45-4)39-19-17-22-9-7-8-10-25(22)32(36)39/h7-17,19-20,29,32H,5-6,18H2,1-4H3/t29?,32-,36-/m1/s1. The third kappa shape index (κ3) is 4.40. The molecule has 0 aromatic heterocycles. The number of aryl methyl sites for hydroxylation is 1. The summed E-state index contributed by atoms with van der Waals surface area (Å²) in [5, 5.41) is 0.